The Morgan fingerprint density at radius 2 is 2.35 bits per heavy atom. The van der Waals surface area contributed by atoms with Crippen molar-refractivity contribution in [2.75, 3.05) is 20.3 Å². The summed E-state index contributed by atoms with van der Waals surface area (Å²) in [4.78, 5) is 11.8. The van der Waals surface area contributed by atoms with Gasteiger partial charge in [-0.3, -0.25) is 0 Å². The second-order valence-electron chi connectivity index (χ2n) is 3.79. The normalized spacial score (nSPS) is 10.9. The zero-order valence-electron chi connectivity index (χ0n) is 10.1. The lowest BCUT2D eigenvalue weighted by molar-refractivity contribution is 0.199. The van der Waals surface area contributed by atoms with Crippen LogP contribution in [0.25, 0.3) is 11.6 Å². The Bertz CT molecular complexity index is 462. The molecule has 2 rings (SSSR count). The summed E-state index contributed by atoms with van der Waals surface area (Å²) in [6, 6.07) is 0. The third kappa shape index (κ3) is 2.92. The Balaban J connectivity index is 1.95. The Morgan fingerprint density at radius 1 is 1.47 bits per heavy atom. The van der Waals surface area contributed by atoms with Crippen molar-refractivity contribution in [3.8, 4) is 11.6 Å². The maximum Gasteiger partial charge on any atom is 0.175 e. The second-order valence-corrected chi connectivity index (χ2v) is 3.79. The minimum atomic E-state index is 0.709. The first-order valence-electron chi connectivity index (χ1n) is 5.52. The number of ether oxygens (including phenoxy) is 1. The lowest BCUT2D eigenvalue weighted by Crippen LogP contribution is -2.18. The van der Waals surface area contributed by atoms with Crippen LogP contribution in [-0.2, 0) is 18.3 Å². The maximum atomic E-state index is 4.96. The Kier molecular flexibility index (Phi) is 3.89. The van der Waals surface area contributed by atoms with Gasteiger partial charge in [0.1, 0.15) is 0 Å². The molecule has 0 unspecified atom stereocenters. The van der Waals surface area contributed by atoms with Gasteiger partial charge in [0.2, 0.25) is 0 Å². The third-order valence-electron chi connectivity index (χ3n) is 2.46. The zero-order valence-corrected chi connectivity index (χ0v) is 10.1. The molecule has 0 atom stereocenters. The van der Waals surface area contributed by atoms with Gasteiger partial charge in [-0.15, -0.1) is 0 Å². The molecule has 0 spiro atoms. The molecule has 0 saturated carbocycles. The van der Waals surface area contributed by atoms with Crippen LogP contribution < -0.4 is 5.32 Å². The molecule has 0 saturated heterocycles. The number of aromatic nitrogens is 4. The zero-order chi connectivity index (χ0) is 12.1. The van der Waals surface area contributed by atoms with Crippen molar-refractivity contribution in [2.45, 2.75) is 6.54 Å². The number of nitrogens with one attached hydrogen (secondary N) is 2. The number of H-pyrrole nitrogens is 1. The first kappa shape index (κ1) is 11.8. The van der Waals surface area contributed by atoms with Gasteiger partial charge in [0.05, 0.1) is 12.8 Å². The molecule has 2 aromatic heterocycles. The van der Waals surface area contributed by atoms with E-state index in [2.05, 4.69) is 20.3 Å². The lowest BCUT2D eigenvalue weighted by atomic mass is 10.4. The molecule has 0 aliphatic rings. The number of hydrogen-bond donors (Lipinski definition) is 2. The highest BCUT2D eigenvalue weighted by atomic mass is 16.5. The summed E-state index contributed by atoms with van der Waals surface area (Å²) < 4.78 is 6.89. The van der Waals surface area contributed by atoms with E-state index in [0.29, 0.717) is 6.61 Å². The van der Waals surface area contributed by atoms with Crippen LogP contribution in [0.5, 0.6) is 0 Å². The van der Waals surface area contributed by atoms with Crippen molar-refractivity contribution >= 4 is 0 Å². The molecule has 0 aromatic carbocycles. The summed E-state index contributed by atoms with van der Waals surface area (Å²) in [5.74, 6) is 1.63. The monoisotopic (exact) mass is 235 g/mol. The summed E-state index contributed by atoms with van der Waals surface area (Å²) in [7, 11) is 3.64. The highest BCUT2D eigenvalue weighted by Gasteiger charge is 2.07. The van der Waals surface area contributed by atoms with Gasteiger partial charge in [-0.1, -0.05) is 0 Å². The number of aromatic amines is 1. The van der Waals surface area contributed by atoms with Gasteiger partial charge in [0.15, 0.2) is 11.6 Å². The first-order valence-corrected chi connectivity index (χ1v) is 5.52. The summed E-state index contributed by atoms with van der Waals surface area (Å²) >= 11 is 0. The molecule has 2 heterocycles. The minimum Gasteiger partial charge on any atom is -0.383 e. The third-order valence-corrected chi connectivity index (χ3v) is 2.46. The van der Waals surface area contributed by atoms with Gasteiger partial charge in [-0.2, -0.15) is 0 Å². The molecule has 0 radical (unpaired) electrons. The van der Waals surface area contributed by atoms with E-state index in [1.54, 1.807) is 13.3 Å². The fourth-order valence-electron chi connectivity index (χ4n) is 1.55. The van der Waals surface area contributed by atoms with Crippen LogP contribution in [0.4, 0.5) is 0 Å². The molecule has 0 aliphatic carbocycles. The maximum absolute atomic E-state index is 4.96. The van der Waals surface area contributed by atoms with Crippen LogP contribution in [0, 0.1) is 0 Å². The first-order chi connectivity index (χ1) is 8.31. The number of rotatable bonds is 6. The van der Waals surface area contributed by atoms with Gasteiger partial charge in [0.25, 0.3) is 0 Å². The van der Waals surface area contributed by atoms with Crippen LogP contribution in [-0.4, -0.2) is 39.8 Å². The standard InChI is InChI=1S/C11H17N5O/c1-16-5-3-13-11(16)10-14-8-9(15-10)7-12-4-6-17-2/h3,5,8,12H,4,6-7H2,1-2H3,(H,14,15). The van der Waals surface area contributed by atoms with E-state index in [1.807, 2.05) is 24.0 Å². The second kappa shape index (κ2) is 5.60. The van der Waals surface area contributed by atoms with Crippen molar-refractivity contribution in [2.24, 2.45) is 7.05 Å². The number of aryl methyl sites for hydroxylation is 1. The largest absolute Gasteiger partial charge is 0.383 e. The van der Waals surface area contributed by atoms with Crippen LogP contribution >= 0.6 is 0 Å². The van der Waals surface area contributed by atoms with Crippen molar-refractivity contribution in [3.63, 3.8) is 0 Å². The number of imidazole rings is 2. The van der Waals surface area contributed by atoms with E-state index in [1.165, 1.54) is 0 Å². The van der Waals surface area contributed by atoms with E-state index in [-0.39, 0.29) is 0 Å². The quantitative estimate of drug-likeness (QED) is 0.717. The predicted molar refractivity (Wildman–Crippen MR) is 64.4 cm³/mol. The van der Waals surface area contributed by atoms with Crippen LogP contribution in [0.3, 0.4) is 0 Å². The van der Waals surface area contributed by atoms with E-state index in [4.69, 9.17) is 4.74 Å². The fourth-order valence-corrected chi connectivity index (χ4v) is 1.55. The SMILES string of the molecule is COCCNCc1cnc(-c2nccn2C)[nH]1. The molecule has 92 valence electrons. The Labute approximate surface area is 100 Å². The molecular weight excluding hydrogens is 218 g/mol. The van der Waals surface area contributed by atoms with Crippen LogP contribution in [0.2, 0.25) is 0 Å². The van der Waals surface area contributed by atoms with Crippen molar-refractivity contribution < 1.29 is 4.74 Å². The summed E-state index contributed by atoms with van der Waals surface area (Å²) in [6.45, 7) is 2.29. The van der Waals surface area contributed by atoms with Crippen molar-refractivity contribution in [3.05, 3.63) is 24.3 Å². The number of methoxy groups -OCH3 is 1. The highest BCUT2D eigenvalue weighted by molar-refractivity contribution is 5.44. The average molecular weight is 235 g/mol. The molecular formula is C11H17N5O. The lowest BCUT2D eigenvalue weighted by Gasteiger charge is -2.01. The number of hydrogen-bond acceptors (Lipinski definition) is 4. The van der Waals surface area contributed by atoms with Gasteiger partial charge < -0.3 is 19.6 Å². The summed E-state index contributed by atoms with van der Waals surface area (Å²) in [5.41, 5.74) is 1.04. The molecule has 0 aliphatic heterocycles. The molecule has 2 aromatic rings. The van der Waals surface area contributed by atoms with E-state index in [0.717, 1.165) is 30.4 Å². The van der Waals surface area contributed by atoms with Gasteiger partial charge in [-0.05, 0) is 0 Å². The topological polar surface area (TPSA) is 67.8 Å². The van der Waals surface area contributed by atoms with Crippen LogP contribution in [0.1, 0.15) is 5.69 Å². The van der Waals surface area contributed by atoms with Crippen molar-refractivity contribution in [1.82, 2.24) is 24.8 Å². The smallest absolute Gasteiger partial charge is 0.175 e. The Hall–Kier alpha value is -1.66. The molecule has 6 nitrogen and oxygen atoms in total. The average Bonchev–Trinajstić information content (AvgIpc) is 2.93. The van der Waals surface area contributed by atoms with E-state index >= 15 is 0 Å². The van der Waals surface area contributed by atoms with Gasteiger partial charge in [0, 0.05) is 45.3 Å². The molecule has 0 fully saturated rings. The number of nitrogens with zero attached hydrogens (tertiary/aromatic N) is 3. The molecule has 17 heavy (non-hydrogen) atoms. The van der Waals surface area contributed by atoms with Crippen LogP contribution in [0.15, 0.2) is 18.6 Å². The van der Waals surface area contributed by atoms with Gasteiger partial charge >= 0.3 is 0 Å². The fraction of sp³-hybridized carbons (Fsp3) is 0.455. The summed E-state index contributed by atoms with van der Waals surface area (Å²) in [6.07, 6.45) is 5.48. The van der Waals surface area contributed by atoms with Gasteiger partial charge in [-0.25, -0.2) is 9.97 Å². The molecule has 6 heteroatoms. The molecule has 2 N–H and O–H groups in total. The minimum absolute atomic E-state index is 0.709. The highest BCUT2D eigenvalue weighted by Crippen LogP contribution is 2.11. The molecule has 0 amide bonds. The van der Waals surface area contributed by atoms with E-state index < -0.39 is 0 Å². The Morgan fingerprint density at radius 3 is 3.06 bits per heavy atom. The predicted octanol–water partition coefficient (Wildman–Crippen LogP) is 0.546. The molecule has 0 bridgehead atoms. The van der Waals surface area contributed by atoms with E-state index in [9.17, 15) is 0 Å². The van der Waals surface area contributed by atoms with Crippen molar-refractivity contribution in [1.29, 1.82) is 0 Å². The summed E-state index contributed by atoms with van der Waals surface area (Å²) in [5, 5.41) is 3.25.